The van der Waals surface area contributed by atoms with Crippen LogP contribution in [0.5, 0.6) is 0 Å². The summed E-state index contributed by atoms with van der Waals surface area (Å²) in [6, 6.07) is 10.4. The van der Waals surface area contributed by atoms with Crippen LogP contribution < -0.4 is 5.32 Å². The molecule has 2 aromatic rings. The fourth-order valence-electron chi connectivity index (χ4n) is 1.59. The summed E-state index contributed by atoms with van der Waals surface area (Å²) in [5.41, 5.74) is 0.807. The molecule has 0 fully saturated rings. The lowest BCUT2D eigenvalue weighted by atomic mass is 10.2. The third-order valence-electron chi connectivity index (χ3n) is 2.40. The summed E-state index contributed by atoms with van der Waals surface area (Å²) in [6.45, 7) is -0.233. The van der Waals surface area contributed by atoms with E-state index >= 15 is 0 Å². The van der Waals surface area contributed by atoms with E-state index in [0.29, 0.717) is 5.76 Å². The Kier molecular flexibility index (Phi) is 3.99. The highest BCUT2D eigenvalue weighted by molar-refractivity contribution is 9.10. The molecule has 1 atom stereocenters. The molecule has 0 spiro atoms. The number of hydrogen-bond donors (Lipinski definition) is 1. The molecule has 0 aliphatic carbocycles. The highest BCUT2D eigenvalue weighted by atomic mass is 79.9. The maximum absolute atomic E-state index is 10.7. The van der Waals surface area contributed by atoms with Crippen LogP contribution in [-0.4, -0.2) is 11.5 Å². The van der Waals surface area contributed by atoms with Crippen molar-refractivity contribution in [3.05, 3.63) is 63.0 Å². The first-order chi connectivity index (χ1) is 8.65. The van der Waals surface area contributed by atoms with E-state index in [0.717, 1.165) is 10.2 Å². The average Bonchev–Trinajstić information content (AvgIpc) is 2.84. The van der Waals surface area contributed by atoms with Gasteiger partial charge >= 0.3 is 0 Å². The molecule has 1 aromatic heterocycles. The van der Waals surface area contributed by atoms with Crippen LogP contribution in [0.1, 0.15) is 11.8 Å². The monoisotopic (exact) mass is 310 g/mol. The fraction of sp³-hybridized carbons (Fsp3) is 0.167. The van der Waals surface area contributed by atoms with Crippen molar-refractivity contribution in [1.29, 1.82) is 0 Å². The zero-order valence-corrected chi connectivity index (χ0v) is 11.0. The summed E-state index contributed by atoms with van der Waals surface area (Å²) < 4.78 is 6.17. The van der Waals surface area contributed by atoms with E-state index in [9.17, 15) is 10.1 Å². The van der Waals surface area contributed by atoms with Crippen LogP contribution in [0, 0.1) is 10.1 Å². The molecule has 0 aliphatic rings. The van der Waals surface area contributed by atoms with Crippen molar-refractivity contribution in [1.82, 2.24) is 0 Å². The number of furan rings is 1. The predicted octanol–water partition coefficient (Wildman–Crippen LogP) is 3.47. The average molecular weight is 311 g/mol. The van der Waals surface area contributed by atoms with Gasteiger partial charge in [0.2, 0.25) is 6.54 Å². The lowest BCUT2D eigenvalue weighted by molar-refractivity contribution is -0.482. The van der Waals surface area contributed by atoms with Crippen LogP contribution >= 0.6 is 15.9 Å². The van der Waals surface area contributed by atoms with Crippen molar-refractivity contribution in [2.24, 2.45) is 0 Å². The number of rotatable bonds is 5. The summed E-state index contributed by atoms with van der Waals surface area (Å²) in [5, 5.41) is 13.7. The highest BCUT2D eigenvalue weighted by Crippen LogP contribution is 2.21. The number of benzene rings is 1. The number of nitrogens with one attached hydrogen (secondary N) is 1. The topological polar surface area (TPSA) is 68.3 Å². The molecule has 2 rings (SSSR count). The Labute approximate surface area is 112 Å². The molecule has 94 valence electrons. The Morgan fingerprint density at radius 3 is 2.61 bits per heavy atom. The third kappa shape index (κ3) is 3.33. The zero-order chi connectivity index (χ0) is 13.0. The van der Waals surface area contributed by atoms with Gasteiger partial charge in [0.05, 0.1) is 6.26 Å². The van der Waals surface area contributed by atoms with Gasteiger partial charge in [0, 0.05) is 15.1 Å². The molecule has 1 aromatic carbocycles. The second-order valence-electron chi connectivity index (χ2n) is 3.73. The molecule has 1 unspecified atom stereocenters. The van der Waals surface area contributed by atoms with Gasteiger partial charge in [-0.1, -0.05) is 15.9 Å². The maximum atomic E-state index is 10.7. The Morgan fingerprint density at radius 1 is 1.33 bits per heavy atom. The molecule has 0 amide bonds. The number of anilines is 1. The summed E-state index contributed by atoms with van der Waals surface area (Å²) >= 11 is 3.34. The van der Waals surface area contributed by atoms with Crippen LogP contribution in [0.3, 0.4) is 0 Å². The molecule has 0 saturated carbocycles. The molecule has 1 heterocycles. The lowest BCUT2D eigenvalue weighted by Crippen LogP contribution is -2.19. The first-order valence-electron chi connectivity index (χ1n) is 5.32. The SMILES string of the molecule is O=[N+]([O-])CC(Nc1ccc(Br)cc1)c1ccco1. The van der Waals surface area contributed by atoms with E-state index in [1.54, 1.807) is 12.1 Å². The van der Waals surface area contributed by atoms with Crippen LogP contribution in [0.15, 0.2) is 51.6 Å². The molecule has 0 aliphatic heterocycles. The van der Waals surface area contributed by atoms with E-state index in [1.165, 1.54) is 6.26 Å². The molecule has 18 heavy (non-hydrogen) atoms. The summed E-state index contributed by atoms with van der Waals surface area (Å²) in [5.74, 6) is 0.551. The fourth-order valence-corrected chi connectivity index (χ4v) is 1.86. The minimum atomic E-state index is -0.476. The van der Waals surface area contributed by atoms with Gasteiger partial charge in [-0.15, -0.1) is 0 Å². The normalized spacial score (nSPS) is 12.1. The lowest BCUT2D eigenvalue weighted by Gasteiger charge is -2.14. The third-order valence-corrected chi connectivity index (χ3v) is 2.93. The van der Waals surface area contributed by atoms with Crippen molar-refractivity contribution in [3.63, 3.8) is 0 Å². The van der Waals surface area contributed by atoms with Crippen molar-refractivity contribution < 1.29 is 9.34 Å². The Hall–Kier alpha value is -1.82. The van der Waals surface area contributed by atoms with Crippen molar-refractivity contribution in [2.45, 2.75) is 6.04 Å². The van der Waals surface area contributed by atoms with Crippen LogP contribution in [-0.2, 0) is 0 Å². The maximum Gasteiger partial charge on any atom is 0.231 e. The Morgan fingerprint density at radius 2 is 2.06 bits per heavy atom. The summed E-state index contributed by atoms with van der Waals surface area (Å²) in [4.78, 5) is 10.3. The largest absolute Gasteiger partial charge is 0.467 e. The molecule has 6 heteroatoms. The van der Waals surface area contributed by atoms with Crippen LogP contribution in [0.2, 0.25) is 0 Å². The number of hydrogen-bond acceptors (Lipinski definition) is 4. The van der Waals surface area contributed by atoms with Gasteiger partial charge < -0.3 is 9.73 Å². The van der Waals surface area contributed by atoms with Crippen LogP contribution in [0.4, 0.5) is 5.69 Å². The van der Waals surface area contributed by atoms with E-state index in [1.807, 2.05) is 24.3 Å². The zero-order valence-electron chi connectivity index (χ0n) is 9.38. The predicted molar refractivity (Wildman–Crippen MR) is 71.1 cm³/mol. The van der Waals surface area contributed by atoms with Crippen molar-refractivity contribution >= 4 is 21.6 Å². The van der Waals surface area contributed by atoms with Crippen molar-refractivity contribution in [3.8, 4) is 0 Å². The Balaban J connectivity index is 2.15. The smallest absolute Gasteiger partial charge is 0.231 e. The van der Waals surface area contributed by atoms with E-state index in [2.05, 4.69) is 21.2 Å². The minimum absolute atomic E-state index is 0.233. The molecular weight excluding hydrogens is 300 g/mol. The van der Waals surface area contributed by atoms with Gasteiger partial charge in [-0.05, 0) is 36.4 Å². The first kappa shape index (κ1) is 12.6. The number of halogens is 1. The highest BCUT2D eigenvalue weighted by Gasteiger charge is 2.20. The molecule has 0 bridgehead atoms. The van der Waals surface area contributed by atoms with Gasteiger partial charge in [-0.2, -0.15) is 0 Å². The van der Waals surface area contributed by atoms with E-state index < -0.39 is 6.04 Å². The summed E-state index contributed by atoms with van der Waals surface area (Å²) in [6.07, 6.45) is 1.51. The molecule has 5 nitrogen and oxygen atoms in total. The van der Waals surface area contributed by atoms with E-state index in [-0.39, 0.29) is 11.5 Å². The Bertz CT molecular complexity index is 511. The summed E-state index contributed by atoms with van der Waals surface area (Å²) in [7, 11) is 0. The van der Waals surface area contributed by atoms with Crippen molar-refractivity contribution in [2.75, 3.05) is 11.9 Å². The first-order valence-corrected chi connectivity index (χ1v) is 6.12. The molecule has 1 N–H and O–H groups in total. The minimum Gasteiger partial charge on any atom is -0.467 e. The molecule has 0 radical (unpaired) electrons. The van der Waals surface area contributed by atoms with E-state index in [4.69, 9.17) is 4.42 Å². The second-order valence-corrected chi connectivity index (χ2v) is 4.65. The van der Waals surface area contributed by atoms with Gasteiger partial charge in [0.1, 0.15) is 11.8 Å². The molecular formula is C12H11BrN2O3. The van der Waals surface area contributed by atoms with Gasteiger partial charge in [-0.25, -0.2) is 0 Å². The second kappa shape index (κ2) is 5.68. The van der Waals surface area contributed by atoms with Gasteiger partial charge in [-0.3, -0.25) is 10.1 Å². The quantitative estimate of drug-likeness (QED) is 0.678. The van der Waals surface area contributed by atoms with Crippen LogP contribution in [0.25, 0.3) is 0 Å². The number of nitro groups is 1. The molecule has 0 saturated heterocycles. The van der Waals surface area contributed by atoms with Gasteiger partial charge in [0.15, 0.2) is 0 Å². The number of nitrogens with zero attached hydrogens (tertiary/aromatic N) is 1. The standard InChI is InChI=1S/C12H11BrN2O3/c13-9-3-5-10(6-4-9)14-11(8-15(16)17)12-2-1-7-18-12/h1-7,11,14H,8H2. The van der Waals surface area contributed by atoms with Gasteiger partial charge in [0.25, 0.3) is 0 Å².